The van der Waals surface area contributed by atoms with Crippen LogP contribution in [0.2, 0.25) is 0 Å². The zero-order chi connectivity index (χ0) is 18.6. The van der Waals surface area contributed by atoms with E-state index in [2.05, 4.69) is 5.32 Å². The number of pyridine rings is 1. The molecule has 2 rings (SSSR count). The highest BCUT2D eigenvalue weighted by Crippen LogP contribution is 2.28. The number of hydrogen-bond acceptors (Lipinski definition) is 4. The van der Waals surface area contributed by atoms with Crippen LogP contribution in [0.4, 0.5) is 18.9 Å². The number of carbonyl (C=O) groups is 1. The number of carbonyl (C=O) groups excluding carboxylic acids is 1. The molecule has 1 N–H and O–H groups in total. The smallest absolute Gasteiger partial charge is 0.417 e. The number of ether oxygens (including phenoxy) is 2. The maximum absolute atomic E-state index is 12.7. The van der Waals surface area contributed by atoms with Crippen LogP contribution in [0.1, 0.15) is 5.56 Å². The summed E-state index contributed by atoms with van der Waals surface area (Å²) in [5.74, 6) is 0.175. The van der Waals surface area contributed by atoms with Gasteiger partial charge >= 0.3 is 6.18 Å². The summed E-state index contributed by atoms with van der Waals surface area (Å²) in [4.78, 5) is 23.7. The lowest BCUT2D eigenvalue weighted by Gasteiger charge is -2.12. The van der Waals surface area contributed by atoms with Crippen molar-refractivity contribution >= 4 is 11.6 Å². The average Bonchev–Trinajstić information content (AvgIpc) is 2.55. The first kappa shape index (κ1) is 18.4. The van der Waals surface area contributed by atoms with Gasteiger partial charge in [0, 0.05) is 36.1 Å². The molecule has 1 aromatic heterocycles. The van der Waals surface area contributed by atoms with E-state index in [1.54, 1.807) is 6.07 Å². The first-order chi connectivity index (χ1) is 11.7. The molecule has 0 radical (unpaired) electrons. The van der Waals surface area contributed by atoms with Gasteiger partial charge in [0.05, 0.1) is 19.8 Å². The van der Waals surface area contributed by atoms with Gasteiger partial charge in [-0.3, -0.25) is 9.59 Å². The Kier molecular flexibility index (Phi) is 5.35. The van der Waals surface area contributed by atoms with Crippen molar-refractivity contribution in [3.63, 3.8) is 0 Å². The quantitative estimate of drug-likeness (QED) is 0.894. The summed E-state index contributed by atoms with van der Waals surface area (Å²) in [6.45, 7) is -0.567. The maximum atomic E-state index is 12.7. The number of halogens is 3. The molecule has 0 saturated heterocycles. The number of nitrogens with one attached hydrogen (secondary N) is 1. The van der Waals surface area contributed by atoms with Crippen LogP contribution < -0.4 is 20.3 Å². The van der Waals surface area contributed by atoms with Crippen LogP contribution in [0.25, 0.3) is 0 Å². The summed E-state index contributed by atoms with van der Waals surface area (Å²) in [5.41, 5.74) is -1.41. The highest BCUT2D eigenvalue weighted by atomic mass is 19.4. The minimum atomic E-state index is -4.61. The van der Waals surface area contributed by atoms with Crippen molar-refractivity contribution in [3.05, 3.63) is 52.4 Å². The number of aromatic nitrogens is 1. The van der Waals surface area contributed by atoms with Gasteiger partial charge in [-0.05, 0) is 6.07 Å². The molecule has 6 nitrogen and oxygen atoms in total. The van der Waals surface area contributed by atoms with Gasteiger partial charge in [-0.1, -0.05) is 0 Å². The van der Waals surface area contributed by atoms with E-state index in [0.29, 0.717) is 34.0 Å². The average molecular weight is 356 g/mol. The summed E-state index contributed by atoms with van der Waals surface area (Å²) in [5, 5.41) is 2.49. The third kappa shape index (κ3) is 4.75. The standard InChI is InChI=1S/C16H15F3N2O4/c1-24-12-5-11(6-13(7-12)25-2)20-14(22)9-21-8-10(16(17,18)19)3-4-15(21)23/h3-8H,9H2,1-2H3,(H,20,22). The van der Waals surface area contributed by atoms with Gasteiger partial charge in [-0.2, -0.15) is 13.2 Å². The number of rotatable bonds is 5. The monoisotopic (exact) mass is 356 g/mol. The fourth-order valence-electron chi connectivity index (χ4n) is 2.06. The van der Waals surface area contributed by atoms with E-state index in [1.165, 1.54) is 26.4 Å². The Labute approximate surface area is 140 Å². The third-order valence-electron chi connectivity index (χ3n) is 3.26. The molecule has 9 heteroatoms. The molecule has 0 aliphatic carbocycles. The molecule has 0 spiro atoms. The number of benzene rings is 1. The Balaban J connectivity index is 2.19. The van der Waals surface area contributed by atoms with E-state index in [4.69, 9.17) is 9.47 Å². The van der Waals surface area contributed by atoms with Crippen molar-refractivity contribution in [2.75, 3.05) is 19.5 Å². The second-order valence-electron chi connectivity index (χ2n) is 5.03. The lowest BCUT2D eigenvalue weighted by atomic mass is 10.2. The van der Waals surface area contributed by atoms with Crippen LogP contribution in [0.3, 0.4) is 0 Å². The van der Waals surface area contributed by atoms with Gasteiger partial charge in [0.1, 0.15) is 18.0 Å². The summed E-state index contributed by atoms with van der Waals surface area (Å²) in [7, 11) is 2.87. The minimum Gasteiger partial charge on any atom is -0.497 e. The molecule has 2 aromatic rings. The largest absolute Gasteiger partial charge is 0.497 e. The number of anilines is 1. The van der Waals surface area contributed by atoms with Crippen molar-refractivity contribution in [1.29, 1.82) is 0 Å². The molecular formula is C16H15F3N2O4. The summed E-state index contributed by atoms with van der Waals surface area (Å²) >= 11 is 0. The number of methoxy groups -OCH3 is 2. The zero-order valence-corrected chi connectivity index (χ0v) is 13.4. The summed E-state index contributed by atoms with van der Waals surface area (Å²) in [6.07, 6.45) is -4.00. The van der Waals surface area contributed by atoms with Crippen molar-refractivity contribution < 1.29 is 27.4 Å². The van der Waals surface area contributed by atoms with Crippen molar-refractivity contribution in [2.45, 2.75) is 12.7 Å². The van der Waals surface area contributed by atoms with Crippen LogP contribution in [-0.2, 0) is 17.5 Å². The van der Waals surface area contributed by atoms with Gasteiger partial charge < -0.3 is 19.4 Å². The van der Waals surface area contributed by atoms with Crippen molar-refractivity contribution in [2.24, 2.45) is 0 Å². The first-order valence-corrected chi connectivity index (χ1v) is 7.03. The summed E-state index contributed by atoms with van der Waals surface area (Å²) in [6, 6.07) is 6.05. The minimum absolute atomic E-state index is 0.321. The van der Waals surface area contributed by atoms with Crippen LogP contribution in [-0.4, -0.2) is 24.7 Å². The van der Waals surface area contributed by atoms with Crippen molar-refractivity contribution in [3.8, 4) is 11.5 Å². The number of amides is 1. The molecule has 0 saturated carbocycles. The van der Waals surface area contributed by atoms with Crippen molar-refractivity contribution in [1.82, 2.24) is 4.57 Å². The van der Waals surface area contributed by atoms with E-state index >= 15 is 0 Å². The predicted molar refractivity (Wildman–Crippen MR) is 83.9 cm³/mol. The molecule has 25 heavy (non-hydrogen) atoms. The molecule has 1 amide bonds. The lowest BCUT2D eigenvalue weighted by Crippen LogP contribution is -2.28. The zero-order valence-electron chi connectivity index (χ0n) is 13.4. The van der Waals surface area contributed by atoms with E-state index in [1.807, 2.05) is 0 Å². The normalized spacial score (nSPS) is 11.1. The van der Waals surface area contributed by atoms with Crippen LogP contribution in [0.15, 0.2) is 41.3 Å². The summed E-state index contributed by atoms with van der Waals surface area (Å²) < 4.78 is 48.9. The van der Waals surface area contributed by atoms with E-state index in [9.17, 15) is 22.8 Å². The highest BCUT2D eigenvalue weighted by Gasteiger charge is 2.31. The Hall–Kier alpha value is -2.97. The Morgan fingerprint density at radius 1 is 1.12 bits per heavy atom. The molecule has 0 aliphatic rings. The van der Waals surface area contributed by atoms with E-state index in [0.717, 1.165) is 6.07 Å². The maximum Gasteiger partial charge on any atom is 0.417 e. The predicted octanol–water partition coefficient (Wildman–Crippen LogP) is 2.52. The SMILES string of the molecule is COc1cc(NC(=O)Cn2cc(C(F)(F)F)ccc2=O)cc(OC)c1. The molecule has 0 aliphatic heterocycles. The molecule has 134 valence electrons. The van der Waals surface area contributed by atoms with E-state index < -0.39 is 29.8 Å². The van der Waals surface area contributed by atoms with Crippen LogP contribution in [0, 0.1) is 0 Å². The number of nitrogens with zero attached hydrogens (tertiary/aromatic N) is 1. The third-order valence-corrected chi connectivity index (χ3v) is 3.26. The molecular weight excluding hydrogens is 341 g/mol. The fraction of sp³-hybridized carbons (Fsp3) is 0.250. The van der Waals surface area contributed by atoms with Gasteiger partial charge in [0.25, 0.3) is 5.56 Å². The fourth-order valence-corrected chi connectivity index (χ4v) is 2.06. The second kappa shape index (κ2) is 7.29. The molecule has 0 fully saturated rings. The number of hydrogen-bond donors (Lipinski definition) is 1. The topological polar surface area (TPSA) is 69.6 Å². The van der Waals surface area contributed by atoms with E-state index in [-0.39, 0.29) is 0 Å². The lowest BCUT2D eigenvalue weighted by molar-refractivity contribution is -0.138. The van der Waals surface area contributed by atoms with Gasteiger partial charge in [-0.25, -0.2) is 0 Å². The Morgan fingerprint density at radius 2 is 1.72 bits per heavy atom. The molecule has 0 atom stereocenters. The van der Waals surface area contributed by atoms with Gasteiger partial charge in [-0.15, -0.1) is 0 Å². The number of alkyl halides is 3. The van der Waals surface area contributed by atoms with Crippen LogP contribution in [0.5, 0.6) is 11.5 Å². The van der Waals surface area contributed by atoms with Crippen LogP contribution >= 0.6 is 0 Å². The Morgan fingerprint density at radius 3 is 2.24 bits per heavy atom. The second-order valence-corrected chi connectivity index (χ2v) is 5.03. The van der Waals surface area contributed by atoms with Gasteiger partial charge in [0.2, 0.25) is 5.91 Å². The Bertz CT molecular complexity index is 809. The highest BCUT2D eigenvalue weighted by molar-refractivity contribution is 5.91. The molecule has 1 heterocycles. The molecule has 1 aromatic carbocycles. The van der Waals surface area contributed by atoms with Gasteiger partial charge in [0.15, 0.2) is 0 Å². The first-order valence-electron chi connectivity index (χ1n) is 7.03. The molecule has 0 unspecified atom stereocenters. The molecule has 0 bridgehead atoms.